The summed E-state index contributed by atoms with van der Waals surface area (Å²) in [5, 5.41) is 0. The summed E-state index contributed by atoms with van der Waals surface area (Å²) in [6.45, 7) is 4.35. The average molecular weight is 454 g/mol. The highest BCUT2D eigenvalue weighted by molar-refractivity contribution is 7.17. The van der Waals surface area contributed by atoms with Crippen LogP contribution in [0.2, 0.25) is 4.34 Å². The molecule has 1 fully saturated rings. The number of aromatic nitrogens is 2. The minimum atomic E-state index is -0.424. The zero-order chi connectivity index (χ0) is 21.7. The summed E-state index contributed by atoms with van der Waals surface area (Å²) in [7, 11) is 3.81. The van der Waals surface area contributed by atoms with E-state index in [1.54, 1.807) is 19.2 Å². The second-order valence-corrected chi connectivity index (χ2v) is 9.22. The number of hydrogen-bond acceptors (Lipinski definition) is 6. The molecule has 2 amide bonds. The molecule has 2 aromatic rings. The zero-order valence-electron chi connectivity index (χ0n) is 17.3. The molecule has 0 radical (unpaired) electrons. The number of likely N-dealkylation sites (N-methyl/N-ethyl adjacent to an activating group) is 1. The lowest BCUT2D eigenvalue weighted by molar-refractivity contribution is 0.0625. The van der Waals surface area contributed by atoms with E-state index in [1.165, 1.54) is 11.3 Å². The van der Waals surface area contributed by atoms with Gasteiger partial charge in [0.15, 0.2) is 0 Å². The maximum absolute atomic E-state index is 12.7. The van der Waals surface area contributed by atoms with E-state index in [4.69, 9.17) is 22.1 Å². The minimum absolute atomic E-state index is 0.0588. The van der Waals surface area contributed by atoms with Gasteiger partial charge in [0.1, 0.15) is 11.5 Å². The smallest absolute Gasteiger partial charge is 0.274 e. The maximum atomic E-state index is 12.7. The Morgan fingerprint density at radius 2 is 2.10 bits per heavy atom. The van der Waals surface area contributed by atoms with Gasteiger partial charge in [-0.2, -0.15) is 0 Å². The van der Waals surface area contributed by atoms with Crippen molar-refractivity contribution in [2.24, 2.45) is 5.73 Å². The summed E-state index contributed by atoms with van der Waals surface area (Å²) in [6, 6.07) is 3.46. The SMILES string of the molecule is COC[C@@H]1CCCN1C(=O)c1cn2c(n1)CCN(C)CC2.NC(=O)c1ccc(Cl)s1. The van der Waals surface area contributed by atoms with E-state index in [9.17, 15) is 9.59 Å². The fraction of sp³-hybridized carbons (Fsp3) is 0.550. The minimum Gasteiger partial charge on any atom is -0.383 e. The number of likely N-dealkylation sites (tertiary alicyclic amines) is 1. The lowest BCUT2D eigenvalue weighted by atomic mass is 10.2. The van der Waals surface area contributed by atoms with E-state index in [0.29, 0.717) is 21.5 Å². The molecule has 0 unspecified atom stereocenters. The number of amides is 2. The van der Waals surface area contributed by atoms with Crippen LogP contribution in [0.5, 0.6) is 0 Å². The van der Waals surface area contributed by atoms with Gasteiger partial charge in [-0.05, 0) is 32.0 Å². The van der Waals surface area contributed by atoms with Crippen LogP contribution in [-0.2, 0) is 17.7 Å². The first-order valence-electron chi connectivity index (χ1n) is 9.98. The van der Waals surface area contributed by atoms with Gasteiger partial charge in [-0.25, -0.2) is 4.98 Å². The van der Waals surface area contributed by atoms with Crippen LogP contribution in [0.4, 0.5) is 0 Å². The number of primary amides is 1. The van der Waals surface area contributed by atoms with Gasteiger partial charge in [-0.3, -0.25) is 9.59 Å². The van der Waals surface area contributed by atoms with Crippen molar-refractivity contribution >= 4 is 34.8 Å². The van der Waals surface area contributed by atoms with Crippen LogP contribution in [0.15, 0.2) is 18.3 Å². The quantitative estimate of drug-likeness (QED) is 0.765. The van der Waals surface area contributed by atoms with Gasteiger partial charge in [0.25, 0.3) is 11.8 Å². The Balaban J connectivity index is 0.000000239. The molecule has 4 heterocycles. The van der Waals surface area contributed by atoms with Crippen LogP contribution in [0.25, 0.3) is 0 Å². The molecule has 2 N–H and O–H groups in total. The zero-order valence-corrected chi connectivity index (χ0v) is 18.9. The molecule has 8 nitrogen and oxygen atoms in total. The Bertz CT molecular complexity index is 858. The molecular weight excluding hydrogens is 426 g/mol. The summed E-state index contributed by atoms with van der Waals surface area (Å²) < 4.78 is 7.95. The van der Waals surface area contributed by atoms with Gasteiger partial charge in [-0.1, -0.05) is 11.6 Å². The molecular formula is C20H28ClN5O3S. The predicted molar refractivity (Wildman–Crippen MR) is 117 cm³/mol. The number of halogens is 1. The fourth-order valence-electron chi connectivity index (χ4n) is 3.69. The number of nitrogens with zero attached hydrogens (tertiary/aromatic N) is 4. The second kappa shape index (κ2) is 10.4. The van der Waals surface area contributed by atoms with Gasteiger partial charge in [0.05, 0.1) is 21.9 Å². The standard InChI is InChI=1S/C15H24N4O2.C5H4ClNOS/c1-17-7-5-14-16-13(10-18(14)9-8-17)15(20)19-6-3-4-12(19)11-21-2;6-4-2-1-3(9-4)5(7)8/h10,12H,3-9,11H2,1-2H3;1-2H,(H2,7,8)/t12-;/m0./s1. The number of carbonyl (C=O) groups is 2. The number of methoxy groups -OCH3 is 1. The van der Waals surface area contributed by atoms with Crippen LogP contribution in [0.1, 0.15) is 38.8 Å². The largest absolute Gasteiger partial charge is 0.383 e. The molecule has 0 saturated carbocycles. The number of rotatable bonds is 4. The van der Waals surface area contributed by atoms with Gasteiger partial charge in [0, 0.05) is 45.9 Å². The van der Waals surface area contributed by atoms with E-state index in [2.05, 4.69) is 21.5 Å². The molecule has 2 aliphatic heterocycles. The van der Waals surface area contributed by atoms with Crippen molar-refractivity contribution in [3.63, 3.8) is 0 Å². The van der Waals surface area contributed by atoms with E-state index in [0.717, 1.165) is 51.3 Å². The van der Waals surface area contributed by atoms with Crippen molar-refractivity contribution in [3.05, 3.63) is 39.1 Å². The molecule has 1 atom stereocenters. The highest BCUT2D eigenvalue weighted by Crippen LogP contribution is 2.21. The number of ether oxygens (including phenoxy) is 1. The third-order valence-corrected chi connectivity index (χ3v) is 6.58. The van der Waals surface area contributed by atoms with Gasteiger partial charge >= 0.3 is 0 Å². The van der Waals surface area contributed by atoms with Crippen molar-refractivity contribution in [3.8, 4) is 0 Å². The van der Waals surface area contributed by atoms with Crippen molar-refractivity contribution in [2.75, 3.05) is 40.4 Å². The summed E-state index contributed by atoms with van der Waals surface area (Å²) >= 11 is 6.70. The molecule has 2 aliphatic rings. The van der Waals surface area contributed by atoms with E-state index >= 15 is 0 Å². The highest BCUT2D eigenvalue weighted by atomic mass is 35.5. The molecule has 10 heteroatoms. The molecule has 30 heavy (non-hydrogen) atoms. The number of fused-ring (bicyclic) bond motifs is 1. The first-order valence-corrected chi connectivity index (χ1v) is 11.2. The van der Waals surface area contributed by atoms with Crippen molar-refractivity contribution in [1.82, 2.24) is 19.4 Å². The lowest BCUT2D eigenvalue weighted by Crippen LogP contribution is -2.38. The lowest BCUT2D eigenvalue weighted by Gasteiger charge is -2.23. The van der Waals surface area contributed by atoms with Gasteiger partial charge in [-0.15, -0.1) is 11.3 Å². The van der Waals surface area contributed by atoms with Gasteiger partial charge < -0.3 is 24.8 Å². The van der Waals surface area contributed by atoms with Crippen LogP contribution in [-0.4, -0.2) is 77.6 Å². The topological polar surface area (TPSA) is 93.7 Å². The molecule has 0 aliphatic carbocycles. The molecule has 0 bridgehead atoms. The van der Waals surface area contributed by atoms with Crippen LogP contribution in [0.3, 0.4) is 0 Å². The molecule has 2 aromatic heterocycles. The normalized spacial score (nSPS) is 19.0. The fourth-order valence-corrected chi connectivity index (χ4v) is 4.59. The van der Waals surface area contributed by atoms with Crippen molar-refractivity contribution in [1.29, 1.82) is 0 Å². The number of nitrogens with two attached hydrogens (primary N) is 1. The van der Waals surface area contributed by atoms with Crippen LogP contribution in [0, 0.1) is 0 Å². The first kappa shape index (κ1) is 22.7. The Hall–Kier alpha value is -1.94. The molecule has 0 aromatic carbocycles. The van der Waals surface area contributed by atoms with Gasteiger partial charge in [0.2, 0.25) is 0 Å². The average Bonchev–Trinajstić information content (AvgIpc) is 3.43. The number of hydrogen-bond donors (Lipinski definition) is 1. The molecule has 0 spiro atoms. The second-order valence-electron chi connectivity index (χ2n) is 7.51. The summed E-state index contributed by atoms with van der Waals surface area (Å²) in [5.74, 6) is 0.667. The van der Waals surface area contributed by atoms with E-state index in [1.807, 2.05) is 11.1 Å². The van der Waals surface area contributed by atoms with Crippen LogP contribution >= 0.6 is 22.9 Å². The third kappa shape index (κ3) is 5.60. The maximum Gasteiger partial charge on any atom is 0.274 e. The number of carbonyl (C=O) groups excluding carboxylic acids is 2. The summed E-state index contributed by atoms with van der Waals surface area (Å²) in [6.07, 6.45) is 4.92. The Kier molecular flexibility index (Phi) is 7.87. The third-order valence-electron chi connectivity index (χ3n) is 5.33. The highest BCUT2D eigenvalue weighted by Gasteiger charge is 2.31. The van der Waals surface area contributed by atoms with E-state index < -0.39 is 5.91 Å². The Morgan fingerprint density at radius 1 is 1.30 bits per heavy atom. The Labute approximate surface area is 185 Å². The van der Waals surface area contributed by atoms with E-state index in [-0.39, 0.29) is 11.9 Å². The monoisotopic (exact) mass is 453 g/mol. The molecule has 4 rings (SSSR count). The number of thiophene rings is 1. The van der Waals surface area contributed by atoms with Crippen molar-refractivity contribution in [2.45, 2.75) is 31.8 Å². The summed E-state index contributed by atoms with van der Waals surface area (Å²) in [5.41, 5.74) is 5.53. The Morgan fingerprint density at radius 3 is 2.73 bits per heavy atom. The molecule has 1 saturated heterocycles. The first-order chi connectivity index (χ1) is 14.4. The van der Waals surface area contributed by atoms with Crippen LogP contribution < -0.4 is 5.73 Å². The predicted octanol–water partition coefficient (Wildman–Crippen LogP) is 2.12. The van der Waals surface area contributed by atoms with Crippen molar-refractivity contribution < 1.29 is 14.3 Å². The molecule has 164 valence electrons. The summed E-state index contributed by atoms with van der Waals surface area (Å²) in [4.78, 5) is 32.4. The number of imidazole rings is 1.